The predicted octanol–water partition coefficient (Wildman–Crippen LogP) is 5.40. The van der Waals surface area contributed by atoms with Gasteiger partial charge in [0.25, 0.3) is 0 Å². The Labute approximate surface area is 187 Å². The first-order chi connectivity index (χ1) is 14.1. The van der Waals surface area contributed by atoms with E-state index < -0.39 is 0 Å². The van der Waals surface area contributed by atoms with E-state index in [1.807, 2.05) is 30.3 Å². The summed E-state index contributed by atoms with van der Waals surface area (Å²) in [6.07, 6.45) is 4.92. The molecule has 0 amide bonds. The Morgan fingerprint density at radius 3 is 2.57 bits per heavy atom. The summed E-state index contributed by atoms with van der Waals surface area (Å²) in [6, 6.07) is 14.7. The lowest BCUT2D eigenvalue weighted by molar-refractivity contribution is 0.0839. The quantitative estimate of drug-likeness (QED) is 0.476. The van der Waals surface area contributed by atoms with Crippen LogP contribution in [0.5, 0.6) is 0 Å². The Morgan fingerprint density at radius 1 is 1.10 bits per heavy atom. The van der Waals surface area contributed by atoms with Crippen molar-refractivity contribution in [3.05, 3.63) is 81.2 Å². The molecule has 1 saturated heterocycles. The Bertz CT molecular complexity index is 1060. The molecule has 6 heteroatoms. The van der Waals surface area contributed by atoms with Crippen molar-refractivity contribution in [3.8, 4) is 0 Å². The summed E-state index contributed by atoms with van der Waals surface area (Å²) < 4.78 is 5.59. The van der Waals surface area contributed by atoms with Crippen molar-refractivity contribution in [1.82, 2.24) is 4.90 Å². The second-order valence-electron chi connectivity index (χ2n) is 7.68. The zero-order chi connectivity index (χ0) is 20.2. The van der Waals surface area contributed by atoms with E-state index >= 15 is 0 Å². The number of hydrogen-bond acceptors (Lipinski definition) is 4. The maximum Gasteiger partial charge on any atom is 0.195 e. The first-order valence-electron chi connectivity index (χ1n) is 10.1. The number of fused-ring (bicyclic) bond motifs is 1. The average Bonchev–Trinajstić information content (AvgIpc) is 2.76. The number of carbonyl (C=O) groups is 1. The summed E-state index contributed by atoms with van der Waals surface area (Å²) >= 11 is 6.01. The smallest absolute Gasteiger partial charge is 0.195 e. The van der Waals surface area contributed by atoms with Crippen molar-refractivity contribution in [2.24, 2.45) is 5.92 Å². The second-order valence-corrected chi connectivity index (χ2v) is 8.12. The summed E-state index contributed by atoms with van der Waals surface area (Å²) in [5.41, 5.74) is 2.07. The number of ketones is 1. The second kappa shape index (κ2) is 10.3. The lowest BCUT2D eigenvalue weighted by Crippen LogP contribution is -2.37. The molecular weight excluding hydrogens is 421 g/mol. The van der Waals surface area contributed by atoms with Gasteiger partial charge in [0.15, 0.2) is 11.2 Å². The molecule has 0 bridgehead atoms. The molecule has 1 aliphatic rings. The molecule has 4 rings (SSSR count). The van der Waals surface area contributed by atoms with E-state index in [-0.39, 0.29) is 29.5 Å². The molecule has 0 radical (unpaired) electrons. The number of nitrogens with zero attached hydrogens (tertiary/aromatic N) is 1. The average molecular weight is 446 g/mol. The molecule has 0 atom stereocenters. The molecule has 1 fully saturated rings. The van der Waals surface area contributed by atoms with Crippen LogP contribution in [0.15, 0.2) is 64.0 Å². The van der Waals surface area contributed by atoms with Crippen LogP contribution in [0.1, 0.15) is 35.2 Å². The summed E-state index contributed by atoms with van der Waals surface area (Å²) in [7, 11) is 0. The van der Waals surface area contributed by atoms with Crippen LogP contribution in [0.25, 0.3) is 11.0 Å². The summed E-state index contributed by atoms with van der Waals surface area (Å²) in [6.45, 7) is 2.76. The highest BCUT2D eigenvalue weighted by Gasteiger charge is 2.25. The van der Waals surface area contributed by atoms with Crippen LogP contribution in [0.2, 0.25) is 5.02 Å². The molecule has 2 aromatic carbocycles. The van der Waals surface area contributed by atoms with Crippen LogP contribution >= 0.6 is 24.0 Å². The third-order valence-corrected chi connectivity index (χ3v) is 5.98. The Kier molecular flexibility index (Phi) is 7.70. The molecule has 0 aliphatic carbocycles. The van der Waals surface area contributed by atoms with E-state index in [1.165, 1.54) is 0 Å². The fourth-order valence-electron chi connectivity index (χ4n) is 4.07. The molecule has 2 heterocycles. The summed E-state index contributed by atoms with van der Waals surface area (Å²) in [4.78, 5) is 27.6. The minimum absolute atomic E-state index is 0. The molecular formula is C24H25Cl2NO3. The topological polar surface area (TPSA) is 50.5 Å². The zero-order valence-electron chi connectivity index (χ0n) is 16.7. The molecule has 0 unspecified atom stereocenters. The van der Waals surface area contributed by atoms with E-state index in [4.69, 9.17) is 16.0 Å². The van der Waals surface area contributed by atoms with Crippen LogP contribution in [0, 0.1) is 5.92 Å². The van der Waals surface area contributed by atoms with Crippen molar-refractivity contribution < 1.29 is 9.21 Å². The standard InChI is InChI=1S/C24H24ClNO3.ClH/c25-20-8-9-22-21(15-20)24(28)19(16-29-22)7-4-12-26-13-10-18(11-14-26)23(27)17-5-2-1-3-6-17;/h1-3,5-6,8-9,15-16,18H,4,7,10-14H2;1H. The number of aryl methyl sites for hydroxylation is 1. The number of likely N-dealkylation sites (tertiary alicyclic amines) is 1. The highest BCUT2D eigenvalue weighted by atomic mass is 35.5. The number of Topliss-reactive ketones (excluding diaryl/α,β-unsaturated/α-hetero) is 1. The number of hydrogen-bond donors (Lipinski definition) is 0. The molecule has 1 aliphatic heterocycles. The zero-order valence-corrected chi connectivity index (χ0v) is 18.3. The Balaban J connectivity index is 0.00000256. The SMILES string of the molecule is Cl.O=C(c1ccccc1)C1CCN(CCCc2coc3ccc(Cl)cc3c2=O)CC1. The van der Waals surface area contributed by atoms with E-state index in [9.17, 15) is 9.59 Å². The van der Waals surface area contributed by atoms with Crippen molar-refractivity contribution >= 4 is 40.8 Å². The first-order valence-corrected chi connectivity index (χ1v) is 10.5. The van der Waals surface area contributed by atoms with Gasteiger partial charge in [0, 0.05) is 22.1 Å². The maximum atomic E-state index is 12.6. The van der Waals surface area contributed by atoms with E-state index in [1.54, 1.807) is 24.5 Å². The number of benzene rings is 2. The third kappa shape index (κ3) is 5.12. The molecule has 3 aromatic rings. The molecule has 4 nitrogen and oxygen atoms in total. The van der Waals surface area contributed by atoms with Crippen molar-refractivity contribution in [2.75, 3.05) is 19.6 Å². The predicted molar refractivity (Wildman–Crippen MR) is 123 cm³/mol. The number of carbonyl (C=O) groups excluding carboxylic acids is 1. The largest absolute Gasteiger partial charge is 0.464 e. The highest BCUT2D eigenvalue weighted by molar-refractivity contribution is 6.31. The molecule has 30 heavy (non-hydrogen) atoms. The van der Waals surface area contributed by atoms with Gasteiger partial charge >= 0.3 is 0 Å². The van der Waals surface area contributed by atoms with E-state index in [2.05, 4.69) is 4.90 Å². The van der Waals surface area contributed by atoms with Gasteiger partial charge in [0.05, 0.1) is 11.6 Å². The van der Waals surface area contributed by atoms with Crippen molar-refractivity contribution in [1.29, 1.82) is 0 Å². The lowest BCUT2D eigenvalue weighted by atomic mass is 9.89. The number of rotatable bonds is 6. The van der Waals surface area contributed by atoms with Gasteiger partial charge in [-0.1, -0.05) is 41.9 Å². The van der Waals surface area contributed by atoms with Gasteiger partial charge < -0.3 is 9.32 Å². The highest BCUT2D eigenvalue weighted by Crippen LogP contribution is 2.22. The van der Waals surface area contributed by atoms with Crippen LogP contribution in [0.3, 0.4) is 0 Å². The normalized spacial score (nSPS) is 15.1. The molecule has 1 aromatic heterocycles. The van der Waals surface area contributed by atoms with Gasteiger partial charge in [-0.3, -0.25) is 9.59 Å². The lowest BCUT2D eigenvalue weighted by Gasteiger charge is -2.31. The van der Waals surface area contributed by atoms with Gasteiger partial charge in [0.1, 0.15) is 5.58 Å². The summed E-state index contributed by atoms with van der Waals surface area (Å²) in [5, 5.41) is 1.07. The minimum Gasteiger partial charge on any atom is -0.464 e. The van der Waals surface area contributed by atoms with Gasteiger partial charge in [-0.05, 0) is 63.5 Å². The van der Waals surface area contributed by atoms with Crippen molar-refractivity contribution in [3.63, 3.8) is 0 Å². The van der Waals surface area contributed by atoms with Crippen LogP contribution in [-0.4, -0.2) is 30.3 Å². The molecule has 0 spiro atoms. The molecule has 0 N–H and O–H groups in total. The van der Waals surface area contributed by atoms with Crippen LogP contribution in [0.4, 0.5) is 0 Å². The summed E-state index contributed by atoms with van der Waals surface area (Å²) in [5.74, 6) is 0.378. The molecule has 0 saturated carbocycles. The first kappa shape index (κ1) is 22.5. The number of halogens is 2. The fraction of sp³-hybridized carbons (Fsp3) is 0.333. The monoisotopic (exact) mass is 445 g/mol. The fourth-order valence-corrected chi connectivity index (χ4v) is 4.24. The minimum atomic E-state index is 0. The Hall–Kier alpha value is -2.14. The Morgan fingerprint density at radius 2 is 1.83 bits per heavy atom. The van der Waals surface area contributed by atoms with Crippen LogP contribution in [-0.2, 0) is 6.42 Å². The van der Waals surface area contributed by atoms with E-state index in [0.29, 0.717) is 28.0 Å². The van der Waals surface area contributed by atoms with Crippen LogP contribution < -0.4 is 5.43 Å². The van der Waals surface area contributed by atoms with Gasteiger partial charge in [0.2, 0.25) is 0 Å². The number of piperidine rings is 1. The van der Waals surface area contributed by atoms with Gasteiger partial charge in [-0.2, -0.15) is 0 Å². The van der Waals surface area contributed by atoms with Gasteiger partial charge in [-0.25, -0.2) is 0 Å². The third-order valence-electron chi connectivity index (χ3n) is 5.74. The molecule has 158 valence electrons. The van der Waals surface area contributed by atoms with Crippen molar-refractivity contribution in [2.45, 2.75) is 25.7 Å². The van der Waals surface area contributed by atoms with E-state index in [0.717, 1.165) is 44.5 Å². The van der Waals surface area contributed by atoms with Gasteiger partial charge in [-0.15, -0.1) is 12.4 Å². The maximum absolute atomic E-state index is 12.6.